The summed E-state index contributed by atoms with van der Waals surface area (Å²) in [7, 11) is -2.66. The number of unbranched alkanes of at least 4 members (excludes halogenated alkanes) is 5. The molecule has 0 aliphatic rings. The van der Waals surface area contributed by atoms with Gasteiger partial charge in [-0.3, -0.25) is 9.32 Å². The van der Waals surface area contributed by atoms with Crippen LogP contribution in [0.25, 0.3) is 0 Å². The minimum absolute atomic E-state index is 0.192. The van der Waals surface area contributed by atoms with Gasteiger partial charge in [0.15, 0.2) is 0 Å². The van der Waals surface area contributed by atoms with E-state index in [0.717, 1.165) is 12.0 Å². The molecule has 2 rings (SSSR count). The third kappa shape index (κ3) is 12.1. The standard InChI is InChI=1S/C29H45N2O7P/c1-4-5-6-7-8-9-10-24-11-13-25(14-12-24)19-20-29(30,21-32)22-37-39(35,31-23(2)28(33)34)38-27-17-15-26(36-3)16-18-27/h11-18,23,32H,4-10,19-22,30H2,1-3H3,(H,31,35)(H,33,34). The molecule has 39 heavy (non-hydrogen) atoms. The number of benzene rings is 2. The molecule has 2 aromatic rings. The van der Waals surface area contributed by atoms with Gasteiger partial charge in [0.05, 0.1) is 25.9 Å². The highest BCUT2D eigenvalue weighted by Crippen LogP contribution is 2.45. The van der Waals surface area contributed by atoms with Crippen LogP contribution in [0, 0.1) is 0 Å². The van der Waals surface area contributed by atoms with Crippen LogP contribution in [0.1, 0.15) is 69.9 Å². The zero-order valence-electron chi connectivity index (χ0n) is 23.4. The SMILES string of the molecule is CCCCCCCCc1ccc(CCC(N)(CO)COP(=O)(NC(C)C(=O)O)Oc2ccc(OC)cc2)cc1. The molecule has 0 aliphatic heterocycles. The molecule has 0 spiro atoms. The Morgan fingerprint density at radius 2 is 1.54 bits per heavy atom. The number of aliphatic carboxylic acids is 1. The zero-order chi connectivity index (χ0) is 28.7. The number of ether oxygens (including phenoxy) is 1. The molecule has 218 valence electrons. The van der Waals surface area contributed by atoms with Crippen molar-refractivity contribution in [3.8, 4) is 11.5 Å². The average molecular weight is 565 g/mol. The minimum atomic E-state index is -4.17. The number of aliphatic hydroxyl groups excluding tert-OH is 1. The Kier molecular flexibility index (Phi) is 14.0. The molecule has 0 saturated heterocycles. The first-order valence-electron chi connectivity index (χ1n) is 13.7. The maximum absolute atomic E-state index is 13.5. The molecule has 0 aliphatic carbocycles. The van der Waals surface area contributed by atoms with Crippen molar-refractivity contribution in [1.29, 1.82) is 0 Å². The fraction of sp³-hybridized carbons (Fsp3) is 0.552. The van der Waals surface area contributed by atoms with Gasteiger partial charge in [0.2, 0.25) is 0 Å². The molecule has 5 N–H and O–H groups in total. The van der Waals surface area contributed by atoms with Crippen LogP contribution in [0.15, 0.2) is 48.5 Å². The number of carbonyl (C=O) groups is 1. The fourth-order valence-corrected chi connectivity index (χ4v) is 5.53. The van der Waals surface area contributed by atoms with Crippen LogP contribution in [-0.4, -0.2) is 48.1 Å². The second-order valence-electron chi connectivity index (χ2n) is 10.1. The van der Waals surface area contributed by atoms with Gasteiger partial charge in [-0.15, -0.1) is 0 Å². The van der Waals surface area contributed by atoms with Gasteiger partial charge >= 0.3 is 13.7 Å². The van der Waals surface area contributed by atoms with E-state index >= 15 is 0 Å². The van der Waals surface area contributed by atoms with Gasteiger partial charge in [0, 0.05) is 0 Å². The predicted molar refractivity (Wildman–Crippen MR) is 153 cm³/mol. The monoisotopic (exact) mass is 564 g/mol. The number of nitrogens with one attached hydrogen (secondary N) is 1. The summed E-state index contributed by atoms with van der Waals surface area (Å²) in [6, 6.07) is 13.5. The highest BCUT2D eigenvalue weighted by atomic mass is 31.2. The first kappa shape index (κ1) is 32.8. The fourth-order valence-electron chi connectivity index (χ4n) is 3.94. The van der Waals surface area contributed by atoms with Crippen LogP contribution in [0.4, 0.5) is 0 Å². The quantitative estimate of drug-likeness (QED) is 0.121. The molecule has 0 heterocycles. The third-order valence-corrected chi connectivity index (χ3v) is 8.22. The van der Waals surface area contributed by atoms with Crippen molar-refractivity contribution in [2.45, 2.75) is 83.2 Å². The van der Waals surface area contributed by atoms with E-state index in [9.17, 15) is 19.6 Å². The topological polar surface area (TPSA) is 140 Å². The number of methoxy groups -OCH3 is 1. The average Bonchev–Trinajstić information content (AvgIpc) is 2.93. The van der Waals surface area contributed by atoms with Gasteiger partial charge in [-0.2, -0.15) is 5.09 Å². The molecular weight excluding hydrogens is 519 g/mol. The van der Waals surface area contributed by atoms with E-state index in [-0.39, 0.29) is 12.4 Å². The first-order chi connectivity index (χ1) is 18.6. The second kappa shape index (κ2) is 16.6. The Morgan fingerprint density at radius 1 is 0.974 bits per heavy atom. The molecule has 10 heteroatoms. The number of nitrogens with two attached hydrogens (primary N) is 1. The summed E-state index contributed by atoms with van der Waals surface area (Å²) >= 11 is 0. The lowest BCUT2D eigenvalue weighted by molar-refractivity contribution is -0.138. The Bertz CT molecular complexity index is 1030. The molecule has 0 bridgehead atoms. The summed E-state index contributed by atoms with van der Waals surface area (Å²) in [6.45, 7) is 2.82. The van der Waals surface area contributed by atoms with E-state index < -0.39 is 31.9 Å². The zero-order valence-corrected chi connectivity index (χ0v) is 24.3. The van der Waals surface area contributed by atoms with Crippen LogP contribution < -0.4 is 20.1 Å². The minimum Gasteiger partial charge on any atom is -0.497 e. The van der Waals surface area contributed by atoms with Crippen LogP contribution in [-0.2, 0) is 26.7 Å². The number of rotatable bonds is 20. The van der Waals surface area contributed by atoms with Gasteiger partial charge in [-0.1, -0.05) is 63.3 Å². The molecule has 0 radical (unpaired) electrons. The number of hydrogen-bond donors (Lipinski definition) is 4. The smallest absolute Gasteiger partial charge is 0.459 e. The van der Waals surface area contributed by atoms with Crippen LogP contribution in [0.5, 0.6) is 11.5 Å². The Labute approximate surface area is 232 Å². The summed E-state index contributed by atoms with van der Waals surface area (Å²) < 4.78 is 29.8. The van der Waals surface area contributed by atoms with Crippen molar-refractivity contribution < 1.29 is 33.4 Å². The molecule has 0 amide bonds. The summed E-state index contributed by atoms with van der Waals surface area (Å²) in [5, 5.41) is 21.8. The van der Waals surface area contributed by atoms with Gasteiger partial charge in [-0.05, 0) is 68.0 Å². The lowest BCUT2D eigenvalue weighted by atomic mass is 9.93. The largest absolute Gasteiger partial charge is 0.497 e. The normalized spacial score (nSPS) is 15.2. The van der Waals surface area contributed by atoms with E-state index in [1.165, 1.54) is 70.3 Å². The first-order valence-corrected chi connectivity index (χ1v) is 15.2. The van der Waals surface area contributed by atoms with Crippen molar-refractivity contribution in [3.05, 3.63) is 59.7 Å². The number of aliphatic hydroxyl groups is 1. The number of hydrogen-bond acceptors (Lipinski definition) is 7. The highest BCUT2D eigenvalue weighted by molar-refractivity contribution is 7.52. The molecule has 9 nitrogen and oxygen atoms in total. The van der Waals surface area contributed by atoms with Crippen molar-refractivity contribution in [2.75, 3.05) is 20.3 Å². The van der Waals surface area contributed by atoms with Crippen molar-refractivity contribution >= 4 is 13.7 Å². The number of carboxylic acid groups (broad SMARTS) is 1. The van der Waals surface area contributed by atoms with Crippen molar-refractivity contribution in [3.63, 3.8) is 0 Å². The third-order valence-electron chi connectivity index (χ3n) is 6.60. The molecule has 0 fully saturated rings. The summed E-state index contributed by atoms with van der Waals surface area (Å²) in [5.74, 6) is -0.461. The summed E-state index contributed by atoms with van der Waals surface area (Å²) in [4.78, 5) is 11.4. The Morgan fingerprint density at radius 3 is 2.10 bits per heavy atom. The summed E-state index contributed by atoms with van der Waals surface area (Å²) in [5.41, 5.74) is 7.56. The van der Waals surface area contributed by atoms with Gasteiger partial charge in [0.25, 0.3) is 0 Å². The lowest BCUT2D eigenvalue weighted by Crippen LogP contribution is -2.49. The molecule has 0 aromatic heterocycles. The number of aryl methyl sites for hydroxylation is 2. The molecular formula is C29H45N2O7P. The predicted octanol–water partition coefficient (Wildman–Crippen LogP) is 5.49. The van der Waals surface area contributed by atoms with Gasteiger partial charge < -0.3 is 25.2 Å². The maximum atomic E-state index is 13.5. The summed E-state index contributed by atoms with van der Waals surface area (Å²) in [6.07, 6.45) is 9.59. The molecule has 2 aromatic carbocycles. The van der Waals surface area contributed by atoms with E-state index in [1.807, 2.05) is 0 Å². The van der Waals surface area contributed by atoms with Crippen molar-refractivity contribution in [1.82, 2.24) is 5.09 Å². The van der Waals surface area contributed by atoms with E-state index in [1.54, 1.807) is 12.1 Å². The van der Waals surface area contributed by atoms with Gasteiger partial charge in [0.1, 0.15) is 17.5 Å². The van der Waals surface area contributed by atoms with Crippen molar-refractivity contribution in [2.24, 2.45) is 5.73 Å². The van der Waals surface area contributed by atoms with Crippen LogP contribution >= 0.6 is 7.75 Å². The van der Waals surface area contributed by atoms with E-state index in [4.69, 9.17) is 19.5 Å². The number of carboxylic acids is 1. The molecule has 3 atom stereocenters. The molecule has 3 unspecified atom stereocenters. The van der Waals surface area contributed by atoms with Gasteiger partial charge in [-0.25, -0.2) is 4.57 Å². The molecule has 0 saturated carbocycles. The van der Waals surface area contributed by atoms with Crippen LogP contribution in [0.2, 0.25) is 0 Å². The highest BCUT2D eigenvalue weighted by Gasteiger charge is 2.35. The Balaban J connectivity index is 1.96. The second-order valence-corrected chi connectivity index (χ2v) is 11.8. The maximum Gasteiger partial charge on any atom is 0.459 e. The Hall–Kier alpha value is -2.42. The lowest BCUT2D eigenvalue weighted by Gasteiger charge is -2.30. The van der Waals surface area contributed by atoms with Crippen LogP contribution in [0.3, 0.4) is 0 Å². The van der Waals surface area contributed by atoms with E-state index in [0.29, 0.717) is 18.6 Å². The van der Waals surface area contributed by atoms with E-state index in [2.05, 4.69) is 36.3 Å².